The first-order chi connectivity index (χ1) is 10.1. The van der Waals surface area contributed by atoms with E-state index < -0.39 is 0 Å². The number of halogens is 1. The SMILES string of the molecule is CCOc1ccc(OC(c2ccc(F)cc2)C(C)N)cc1. The van der Waals surface area contributed by atoms with Crippen LogP contribution in [0.25, 0.3) is 0 Å². The van der Waals surface area contributed by atoms with Crippen LogP contribution in [0.4, 0.5) is 4.39 Å². The number of hydrogen-bond donors (Lipinski definition) is 1. The van der Waals surface area contributed by atoms with E-state index in [4.69, 9.17) is 15.2 Å². The molecule has 0 aliphatic heterocycles. The Morgan fingerprint density at radius 2 is 1.57 bits per heavy atom. The highest BCUT2D eigenvalue weighted by molar-refractivity contribution is 5.32. The number of hydrogen-bond acceptors (Lipinski definition) is 3. The molecule has 2 aromatic carbocycles. The fourth-order valence-corrected chi connectivity index (χ4v) is 2.06. The second-order valence-corrected chi connectivity index (χ2v) is 4.85. The van der Waals surface area contributed by atoms with Crippen molar-refractivity contribution in [2.45, 2.75) is 26.0 Å². The molecule has 112 valence electrons. The van der Waals surface area contributed by atoms with Gasteiger partial charge >= 0.3 is 0 Å². The largest absolute Gasteiger partial charge is 0.494 e. The summed E-state index contributed by atoms with van der Waals surface area (Å²) in [7, 11) is 0. The van der Waals surface area contributed by atoms with Crippen molar-refractivity contribution in [2.75, 3.05) is 6.61 Å². The Bertz CT molecular complexity index is 552. The van der Waals surface area contributed by atoms with E-state index in [1.54, 1.807) is 12.1 Å². The van der Waals surface area contributed by atoms with Crippen LogP contribution in [0.1, 0.15) is 25.5 Å². The van der Waals surface area contributed by atoms with Crippen LogP contribution in [-0.4, -0.2) is 12.6 Å². The first-order valence-corrected chi connectivity index (χ1v) is 7.00. The highest BCUT2D eigenvalue weighted by Gasteiger charge is 2.18. The lowest BCUT2D eigenvalue weighted by molar-refractivity contribution is 0.180. The molecule has 3 nitrogen and oxygen atoms in total. The quantitative estimate of drug-likeness (QED) is 0.882. The van der Waals surface area contributed by atoms with Gasteiger partial charge in [0.2, 0.25) is 0 Å². The van der Waals surface area contributed by atoms with E-state index >= 15 is 0 Å². The summed E-state index contributed by atoms with van der Waals surface area (Å²) < 4.78 is 24.3. The van der Waals surface area contributed by atoms with Crippen molar-refractivity contribution < 1.29 is 13.9 Å². The molecule has 0 bridgehead atoms. The second-order valence-electron chi connectivity index (χ2n) is 4.85. The molecule has 4 heteroatoms. The number of benzene rings is 2. The van der Waals surface area contributed by atoms with Crippen molar-refractivity contribution in [1.29, 1.82) is 0 Å². The maximum atomic E-state index is 13.0. The highest BCUT2D eigenvalue weighted by atomic mass is 19.1. The summed E-state index contributed by atoms with van der Waals surface area (Å²) in [5.74, 6) is 1.22. The van der Waals surface area contributed by atoms with Gasteiger partial charge in [0.05, 0.1) is 6.61 Å². The van der Waals surface area contributed by atoms with Crippen molar-refractivity contribution in [3.05, 3.63) is 59.9 Å². The predicted octanol–water partition coefficient (Wildman–Crippen LogP) is 3.69. The molecule has 0 saturated heterocycles. The predicted molar refractivity (Wildman–Crippen MR) is 81.0 cm³/mol. The molecular weight excluding hydrogens is 269 g/mol. The van der Waals surface area contributed by atoms with Crippen molar-refractivity contribution in [3.8, 4) is 11.5 Å². The molecule has 0 aliphatic rings. The molecule has 2 aromatic rings. The standard InChI is InChI=1S/C17H20FNO2/c1-3-20-15-8-10-16(11-9-15)21-17(12(2)19)13-4-6-14(18)7-5-13/h4-12,17H,3,19H2,1-2H3. The lowest BCUT2D eigenvalue weighted by Crippen LogP contribution is -2.29. The normalized spacial score (nSPS) is 13.5. The zero-order valence-electron chi connectivity index (χ0n) is 12.3. The third-order valence-corrected chi connectivity index (χ3v) is 3.07. The first kappa shape index (κ1) is 15.3. The van der Waals surface area contributed by atoms with E-state index in [2.05, 4.69) is 0 Å². The summed E-state index contributed by atoms with van der Waals surface area (Å²) in [6.45, 7) is 4.42. The van der Waals surface area contributed by atoms with Crippen LogP contribution in [-0.2, 0) is 0 Å². The third-order valence-electron chi connectivity index (χ3n) is 3.07. The van der Waals surface area contributed by atoms with Gasteiger partial charge in [0.1, 0.15) is 23.4 Å². The van der Waals surface area contributed by atoms with Gasteiger partial charge < -0.3 is 15.2 Å². The van der Waals surface area contributed by atoms with Gasteiger partial charge in [-0.1, -0.05) is 12.1 Å². The minimum Gasteiger partial charge on any atom is -0.494 e. The lowest BCUT2D eigenvalue weighted by Gasteiger charge is -2.23. The van der Waals surface area contributed by atoms with Crippen LogP contribution in [0.5, 0.6) is 11.5 Å². The number of nitrogens with two attached hydrogens (primary N) is 1. The van der Waals surface area contributed by atoms with Crippen LogP contribution in [0.3, 0.4) is 0 Å². The molecule has 0 fully saturated rings. The molecule has 2 rings (SSSR count). The summed E-state index contributed by atoms with van der Waals surface area (Å²) >= 11 is 0. The van der Waals surface area contributed by atoms with E-state index in [0.29, 0.717) is 12.4 Å². The summed E-state index contributed by atoms with van der Waals surface area (Å²) in [5.41, 5.74) is 6.84. The van der Waals surface area contributed by atoms with Crippen molar-refractivity contribution in [1.82, 2.24) is 0 Å². The first-order valence-electron chi connectivity index (χ1n) is 7.00. The van der Waals surface area contributed by atoms with Crippen LogP contribution in [0, 0.1) is 5.82 Å². The molecular formula is C17H20FNO2. The molecule has 0 saturated carbocycles. The summed E-state index contributed by atoms with van der Waals surface area (Å²) in [4.78, 5) is 0. The average Bonchev–Trinajstić information content (AvgIpc) is 2.47. The molecule has 0 aromatic heterocycles. The molecule has 2 N–H and O–H groups in total. The van der Waals surface area contributed by atoms with Gasteiger partial charge in [0, 0.05) is 6.04 Å². The summed E-state index contributed by atoms with van der Waals surface area (Å²) in [6, 6.07) is 13.4. The fourth-order valence-electron chi connectivity index (χ4n) is 2.06. The molecule has 2 atom stereocenters. The Balaban J connectivity index is 2.14. The minimum atomic E-state index is -0.330. The number of rotatable bonds is 6. The van der Waals surface area contributed by atoms with Crippen molar-refractivity contribution >= 4 is 0 Å². The smallest absolute Gasteiger partial charge is 0.138 e. The molecule has 0 heterocycles. The Labute approximate surface area is 124 Å². The van der Waals surface area contributed by atoms with Gasteiger partial charge in [0.15, 0.2) is 0 Å². The van der Waals surface area contributed by atoms with E-state index in [1.165, 1.54) is 12.1 Å². The van der Waals surface area contributed by atoms with Gasteiger partial charge in [0.25, 0.3) is 0 Å². The second kappa shape index (κ2) is 7.09. The van der Waals surface area contributed by atoms with Gasteiger partial charge in [-0.15, -0.1) is 0 Å². The van der Waals surface area contributed by atoms with Gasteiger partial charge in [-0.25, -0.2) is 4.39 Å². The molecule has 0 spiro atoms. The zero-order chi connectivity index (χ0) is 15.2. The van der Waals surface area contributed by atoms with Crippen LogP contribution < -0.4 is 15.2 Å². The Morgan fingerprint density at radius 1 is 1.00 bits per heavy atom. The third kappa shape index (κ3) is 4.20. The van der Waals surface area contributed by atoms with Gasteiger partial charge in [-0.05, 0) is 55.8 Å². The topological polar surface area (TPSA) is 44.5 Å². The number of ether oxygens (including phenoxy) is 2. The van der Waals surface area contributed by atoms with Crippen LogP contribution in [0.2, 0.25) is 0 Å². The molecule has 0 radical (unpaired) electrons. The van der Waals surface area contributed by atoms with Gasteiger partial charge in [-0.3, -0.25) is 0 Å². The maximum Gasteiger partial charge on any atom is 0.138 e. The fraction of sp³-hybridized carbons (Fsp3) is 0.294. The molecule has 2 unspecified atom stereocenters. The van der Waals surface area contributed by atoms with E-state index in [9.17, 15) is 4.39 Å². The molecule has 0 amide bonds. The van der Waals surface area contributed by atoms with E-state index in [0.717, 1.165) is 11.3 Å². The molecule has 0 aliphatic carbocycles. The minimum absolute atomic E-state index is 0.220. The lowest BCUT2D eigenvalue weighted by atomic mass is 10.0. The van der Waals surface area contributed by atoms with Crippen LogP contribution >= 0.6 is 0 Å². The zero-order valence-corrected chi connectivity index (χ0v) is 12.3. The Kier molecular flexibility index (Phi) is 5.17. The summed E-state index contributed by atoms with van der Waals surface area (Å²) in [6.07, 6.45) is -0.330. The highest BCUT2D eigenvalue weighted by Crippen LogP contribution is 2.26. The Hall–Kier alpha value is -2.07. The van der Waals surface area contributed by atoms with E-state index in [1.807, 2.05) is 38.1 Å². The van der Waals surface area contributed by atoms with Crippen LogP contribution in [0.15, 0.2) is 48.5 Å². The molecule has 21 heavy (non-hydrogen) atoms. The van der Waals surface area contributed by atoms with Crippen molar-refractivity contribution in [3.63, 3.8) is 0 Å². The average molecular weight is 289 g/mol. The maximum absolute atomic E-state index is 13.0. The van der Waals surface area contributed by atoms with E-state index in [-0.39, 0.29) is 18.0 Å². The monoisotopic (exact) mass is 289 g/mol. The van der Waals surface area contributed by atoms with Gasteiger partial charge in [-0.2, -0.15) is 0 Å². The summed E-state index contributed by atoms with van der Waals surface area (Å²) in [5, 5.41) is 0. The Morgan fingerprint density at radius 3 is 2.10 bits per heavy atom. The van der Waals surface area contributed by atoms with Crippen molar-refractivity contribution in [2.24, 2.45) is 5.73 Å².